The Balaban J connectivity index is 2.51. The topological polar surface area (TPSA) is 27.7 Å². The van der Waals surface area contributed by atoms with Crippen LogP contribution in [0.4, 0.5) is 0 Å². The number of ether oxygens (including phenoxy) is 3. The molecule has 1 rings (SSSR count). The average molecular weight is 310 g/mol. The standard InChI is InChI=1S/C18H35BO3/c1-6-7-8-9-10-20-18-16(19)11-15(12-21-13(2)3)17(18)22-14(4)5/h13-18H,6-12H2,1-5H3/t15-,16-,17?,18-/m1/s1. The van der Waals surface area contributed by atoms with Gasteiger partial charge in [-0.3, -0.25) is 0 Å². The van der Waals surface area contributed by atoms with E-state index in [0.717, 1.165) is 19.4 Å². The Bertz CT molecular complexity index is 284. The second-order valence-corrected chi connectivity index (χ2v) is 7.09. The van der Waals surface area contributed by atoms with Crippen molar-refractivity contribution in [2.45, 2.75) is 97.0 Å². The second-order valence-electron chi connectivity index (χ2n) is 7.09. The molecule has 4 heteroatoms. The van der Waals surface area contributed by atoms with Crippen LogP contribution in [0, 0.1) is 5.92 Å². The Morgan fingerprint density at radius 3 is 2.32 bits per heavy atom. The third-order valence-corrected chi connectivity index (χ3v) is 4.17. The smallest absolute Gasteiger partial charge is 0.0885 e. The van der Waals surface area contributed by atoms with Gasteiger partial charge in [-0.1, -0.05) is 26.2 Å². The van der Waals surface area contributed by atoms with Gasteiger partial charge in [0, 0.05) is 12.5 Å². The van der Waals surface area contributed by atoms with Crippen LogP contribution in [0.25, 0.3) is 0 Å². The molecule has 0 spiro atoms. The molecule has 3 nitrogen and oxygen atoms in total. The van der Waals surface area contributed by atoms with E-state index in [2.05, 4.69) is 34.6 Å². The van der Waals surface area contributed by atoms with Crippen molar-refractivity contribution in [2.24, 2.45) is 5.92 Å². The monoisotopic (exact) mass is 310 g/mol. The third kappa shape index (κ3) is 7.01. The van der Waals surface area contributed by atoms with E-state index in [0.29, 0.717) is 12.5 Å². The fraction of sp³-hybridized carbons (Fsp3) is 1.00. The van der Waals surface area contributed by atoms with E-state index in [4.69, 9.17) is 22.1 Å². The summed E-state index contributed by atoms with van der Waals surface area (Å²) in [5, 5.41) is 0. The summed E-state index contributed by atoms with van der Waals surface area (Å²) in [6.07, 6.45) is 6.27. The van der Waals surface area contributed by atoms with Gasteiger partial charge in [-0.15, -0.1) is 0 Å². The van der Waals surface area contributed by atoms with Crippen LogP contribution in [0.2, 0.25) is 5.82 Å². The third-order valence-electron chi connectivity index (χ3n) is 4.17. The van der Waals surface area contributed by atoms with Crippen molar-refractivity contribution >= 4 is 7.85 Å². The van der Waals surface area contributed by atoms with Crippen LogP contribution >= 0.6 is 0 Å². The molecule has 22 heavy (non-hydrogen) atoms. The molecule has 0 N–H and O–H groups in total. The highest BCUT2D eigenvalue weighted by atomic mass is 16.5. The maximum absolute atomic E-state index is 6.32. The van der Waals surface area contributed by atoms with Crippen LogP contribution in [0.5, 0.6) is 0 Å². The fourth-order valence-corrected chi connectivity index (χ4v) is 3.08. The molecule has 0 heterocycles. The van der Waals surface area contributed by atoms with Gasteiger partial charge in [-0.05, 0) is 46.4 Å². The van der Waals surface area contributed by atoms with E-state index in [9.17, 15) is 0 Å². The van der Waals surface area contributed by atoms with Gasteiger partial charge >= 0.3 is 0 Å². The minimum Gasteiger partial charge on any atom is -0.378 e. The molecule has 1 aliphatic rings. The van der Waals surface area contributed by atoms with Gasteiger partial charge in [-0.25, -0.2) is 0 Å². The van der Waals surface area contributed by atoms with E-state index in [1.165, 1.54) is 19.3 Å². The minimum absolute atomic E-state index is 0.00443. The summed E-state index contributed by atoms with van der Waals surface area (Å²) in [7, 11) is 6.32. The number of hydrogen-bond acceptors (Lipinski definition) is 3. The molecule has 2 radical (unpaired) electrons. The Kier molecular flexibility index (Phi) is 9.69. The Morgan fingerprint density at radius 1 is 1.00 bits per heavy atom. The molecule has 0 aromatic carbocycles. The molecular formula is C18H35BO3. The van der Waals surface area contributed by atoms with E-state index < -0.39 is 0 Å². The first-order chi connectivity index (χ1) is 10.5. The molecule has 0 aromatic rings. The number of rotatable bonds is 11. The summed E-state index contributed by atoms with van der Waals surface area (Å²) in [6.45, 7) is 12.0. The predicted octanol–water partition coefficient (Wildman–Crippen LogP) is 4.15. The van der Waals surface area contributed by atoms with Gasteiger partial charge in [0.1, 0.15) is 0 Å². The highest BCUT2D eigenvalue weighted by Gasteiger charge is 2.42. The second kappa shape index (κ2) is 10.7. The summed E-state index contributed by atoms with van der Waals surface area (Å²) in [5.74, 6) is 0.385. The summed E-state index contributed by atoms with van der Waals surface area (Å²) < 4.78 is 18.0. The van der Waals surface area contributed by atoms with Crippen LogP contribution in [-0.2, 0) is 14.2 Å². The highest BCUT2D eigenvalue weighted by molar-refractivity contribution is 6.12. The Labute approximate surface area is 138 Å². The lowest BCUT2D eigenvalue weighted by atomic mass is 9.83. The van der Waals surface area contributed by atoms with Crippen LogP contribution < -0.4 is 0 Å². The van der Waals surface area contributed by atoms with Crippen LogP contribution in [-0.4, -0.2) is 45.5 Å². The van der Waals surface area contributed by atoms with Gasteiger partial charge in [0.15, 0.2) is 0 Å². The molecular weight excluding hydrogens is 275 g/mol. The molecule has 1 saturated carbocycles. The summed E-state index contributed by atoms with van der Waals surface area (Å²) in [6, 6.07) is 0. The molecule has 1 aliphatic carbocycles. The lowest BCUT2D eigenvalue weighted by Crippen LogP contribution is -2.36. The van der Waals surface area contributed by atoms with Crippen molar-refractivity contribution in [3.8, 4) is 0 Å². The lowest BCUT2D eigenvalue weighted by molar-refractivity contribution is -0.106. The van der Waals surface area contributed by atoms with E-state index in [-0.39, 0.29) is 30.2 Å². The van der Waals surface area contributed by atoms with Gasteiger partial charge < -0.3 is 14.2 Å². The van der Waals surface area contributed by atoms with Crippen molar-refractivity contribution in [1.82, 2.24) is 0 Å². The maximum atomic E-state index is 6.32. The van der Waals surface area contributed by atoms with E-state index >= 15 is 0 Å². The van der Waals surface area contributed by atoms with E-state index in [1.54, 1.807) is 0 Å². The molecule has 4 atom stereocenters. The average Bonchev–Trinajstić information content (AvgIpc) is 2.72. The largest absolute Gasteiger partial charge is 0.378 e. The zero-order valence-electron chi connectivity index (χ0n) is 15.2. The quantitative estimate of drug-likeness (QED) is 0.424. The first kappa shape index (κ1) is 20.0. The molecule has 128 valence electrons. The van der Waals surface area contributed by atoms with Crippen molar-refractivity contribution in [3.63, 3.8) is 0 Å². The Hall–Kier alpha value is -0.0551. The maximum Gasteiger partial charge on any atom is 0.0885 e. The van der Waals surface area contributed by atoms with Crippen LogP contribution in [0.1, 0.15) is 66.7 Å². The van der Waals surface area contributed by atoms with Gasteiger partial charge in [0.25, 0.3) is 0 Å². The van der Waals surface area contributed by atoms with Gasteiger partial charge in [0.05, 0.1) is 38.9 Å². The van der Waals surface area contributed by atoms with Crippen LogP contribution in [0.3, 0.4) is 0 Å². The van der Waals surface area contributed by atoms with Crippen molar-refractivity contribution in [2.75, 3.05) is 13.2 Å². The molecule has 0 aliphatic heterocycles. The van der Waals surface area contributed by atoms with Gasteiger partial charge in [-0.2, -0.15) is 0 Å². The summed E-state index contributed by atoms with van der Waals surface area (Å²) in [4.78, 5) is 0. The SMILES string of the molecule is [B][C@@H]1C[C@H](COC(C)C)C(OC(C)C)[C@@H]1OCCCCCC. The molecule has 0 bridgehead atoms. The first-order valence-corrected chi connectivity index (χ1v) is 9.09. The fourth-order valence-electron chi connectivity index (χ4n) is 3.08. The molecule has 1 unspecified atom stereocenters. The lowest BCUT2D eigenvalue weighted by Gasteiger charge is -2.29. The number of hydrogen-bond donors (Lipinski definition) is 0. The van der Waals surface area contributed by atoms with Gasteiger partial charge in [0.2, 0.25) is 0 Å². The number of unbranched alkanes of at least 4 members (excludes halogenated alkanes) is 3. The Morgan fingerprint density at radius 2 is 1.73 bits per heavy atom. The zero-order chi connectivity index (χ0) is 16.5. The first-order valence-electron chi connectivity index (χ1n) is 9.09. The molecule has 0 amide bonds. The van der Waals surface area contributed by atoms with E-state index in [1.807, 2.05) is 0 Å². The normalized spacial score (nSPS) is 28.9. The van der Waals surface area contributed by atoms with Crippen molar-refractivity contribution < 1.29 is 14.2 Å². The highest BCUT2D eigenvalue weighted by Crippen LogP contribution is 2.39. The molecule has 0 saturated heterocycles. The molecule has 1 fully saturated rings. The van der Waals surface area contributed by atoms with Crippen LogP contribution in [0.15, 0.2) is 0 Å². The molecule has 0 aromatic heterocycles. The summed E-state index contributed by atoms with van der Waals surface area (Å²) in [5.41, 5.74) is 0. The summed E-state index contributed by atoms with van der Waals surface area (Å²) >= 11 is 0. The predicted molar refractivity (Wildman–Crippen MR) is 92.6 cm³/mol. The van der Waals surface area contributed by atoms with Crippen molar-refractivity contribution in [3.05, 3.63) is 0 Å². The van der Waals surface area contributed by atoms with Crippen molar-refractivity contribution in [1.29, 1.82) is 0 Å². The minimum atomic E-state index is 0.00443. The zero-order valence-corrected chi connectivity index (χ0v) is 15.2.